The minimum absolute atomic E-state index is 0.194. The zero-order chi connectivity index (χ0) is 14.1. The van der Waals surface area contributed by atoms with Gasteiger partial charge in [0.15, 0.2) is 0 Å². The molecule has 2 unspecified atom stereocenters. The molecule has 2 atom stereocenters. The van der Waals surface area contributed by atoms with Crippen molar-refractivity contribution in [1.29, 1.82) is 0 Å². The van der Waals surface area contributed by atoms with E-state index in [2.05, 4.69) is 64.2 Å². The van der Waals surface area contributed by atoms with Crippen LogP contribution in [-0.4, -0.2) is 12.1 Å². The molecule has 0 saturated heterocycles. The smallest absolute Gasteiger partial charge is 0.0104 e. The van der Waals surface area contributed by atoms with Crippen LogP contribution in [0.3, 0.4) is 0 Å². The lowest BCUT2D eigenvalue weighted by Crippen LogP contribution is -2.47. The maximum Gasteiger partial charge on any atom is 0.0104 e. The molecular weight excluding hydrogens is 230 g/mol. The summed E-state index contributed by atoms with van der Waals surface area (Å²) in [7, 11) is 0. The highest BCUT2D eigenvalue weighted by Crippen LogP contribution is 2.45. The molecule has 1 aromatic rings. The van der Waals surface area contributed by atoms with E-state index in [1.54, 1.807) is 0 Å². The fourth-order valence-electron chi connectivity index (χ4n) is 3.42. The fraction of sp³-hybridized carbons (Fsp3) is 0.667. The molecule has 0 spiro atoms. The van der Waals surface area contributed by atoms with Gasteiger partial charge in [0.1, 0.15) is 0 Å². The number of hydrogen-bond acceptors (Lipinski definition) is 1. The summed E-state index contributed by atoms with van der Waals surface area (Å²) in [5.74, 6) is 0.768. The number of rotatable bonds is 3. The molecule has 2 rings (SSSR count). The Bertz CT molecular complexity index is 430. The van der Waals surface area contributed by atoms with Crippen molar-refractivity contribution in [3.63, 3.8) is 0 Å². The standard InChI is InChI=1S/C18H29N/c1-14-8-6-10-16(12-14)18(11-7-9-15(18)2)13-19-17(3,4)5/h6,8,10,12,15,19H,7,9,11,13H2,1-5H3. The molecule has 1 fully saturated rings. The van der Waals surface area contributed by atoms with Crippen LogP contribution in [0.1, 0.15) is 58.1 Å². The molecule has 0 aromatic heterocycles. The summed E-state index contributed by atoms with van der Waals surface area (Å²) in [6, 6.07) is 9.15. The van der Waals surface area contributed by atoms with E-state index in [0.29, 0.717) is 5.41 Å². The van der Waals surface area contributed by atoms with Crippen molar-refractivity contribution in [3.8, 4) is 0 Å². The highest BCUT2D eigenvalue weighted by molar-refractivity contribution is 5.32. The van der Waals surface area contributed by atoms with Gasteiger partial charge in [-0.15, -0.1) is 0 Å². The maximum absolute atomic E-state index is 3.75. The normalized spacial score (nSPS) is 27.7. The lowest BCUT2D eigenvalue weighted by molar-refractivity contribution is 0.279. The Kier molecular flexibility index (Phi) is 4.06. The zero-order valence-electron chi connectivity index (χ0n) is 13.2. The number of hydrogen-bond donors (Lipinski definition) is 1. The maximum atomic E-state index is 3.75. The summed E-state index contributed by atoms with van der Waals surface area (Å²) in [6.45, 7) is 12.5. The molecule has 0 radical (unpaired) electrons. The quantitative estimate of drug-likeness (QED) is 0.846. The van der Waals surface area contributed by atoms with Crippen molar-refractivity contribution >= 4 is 0 Å². The van der Waals surface area contributed by atoms with Gasteiger partial charge in [-0.3, -0.25) is 0 Å². The molecule has 0 bridgehead atoms. The lowest BCUT2D eigenvalue weighted by atomic mass is 9.72. The van der Waals surface area contributed by atoms with E-state index in [4.69, 9.17) is 0 Å². The molecule has 0 heterocycles. The molecule has 0 aliphatic heterocycles. The summed E-state index contributed by atoms with van der Waals surface area (Å²) < 4.78 is 0. The molecule has 1 heteroatoms. The Labute approximate surface area is 118 Å². The second-order valence-electron chi connectivity index (χ2n) is 7.42. The predicted octanol–water partition coefficient (Wildman–Crippen LogP) is 4.44. The van der Waals surface area contributed by atoms with Crippen molar-refractivity contribution in [2.24, 2.45) is 5.92 Å². The molecule has 1 aliphatic carbocycles. The average Bonchev–Trinajstić information content (AvgIpc) is 2.68. The summed E-state index contributed by atoms with van der Waals surface area (Å²) in [6.07, 6.45) is 4.04. The second kappa shape index (κ2) is 5.28. The van der Waals surface area contributed by atoms with E-state index < -0.39 is 0 Å². The Morgan fingerprint density at radius 2 is 2.05 bits per heavy atom. The minimum atomic E-state index is 0.194. The minimum Gasteiger partial charge on any atom is -0.311 e. The van der Waals surface area contributed by atoms with Crippen LogP contribution in [0.15, 0.2) is 24.3 Å². The van der Waals surface area contributed by atoms with Gasteiger partial charge in [-0.05, 0) is 52.0 Å². The Balaban J connectivity index is 2.30. The van der Waals surface area contributed by atoms with Crippen LogP contribution in [0.4, 0.5) is 0 Å². The fourth-order valence-corrected chi connectivity index (χ4v) is 3.42. The van der Waals surface area contributed by atoms with Gasteiger partial charge in [0.2, 0.25) is 0 Å². The van der Waals surface area contributed by atoms with Crippen molar-refractivity contribution in [2.45, 2.75) is 64.8 Å². The van der Waals surface area contributed by atoms with E-state index in [-0.39, 0.29) is 5.54 Å². The third-order valence-corrected chi connectivity index (χ3v) is 4.73. The van der Waals surface area contributed by atoms with E-state index in [0.717, 1.165) is 12.5 Å². The molecule has 1 aromatic carbocycles. The first-order valence-electron chi connectivity index (χ1n) is 7.66. The second-order valence-corrected chi connectivity index (χ2v) is 7.42. The van der Waals surface area contributed by atoms with E-state index in [1.807, 2.05) is 0 Å². The number of aryl methyl sites for hydroxylation is 1. The first kappa shape index (κ1) is 14.6. The van der Waals surface area contributed by atoms with Crippen LogP contribution in [-0.2, 0) is 5.41 Å². The zero-order valence-corrected chi connectivity index (χ0v) is 13.2. The van der Waals surface area contributed by atoms with Crippen LogP contribution in [0.2, 0.25) is 0 Å². The van der Waals surface area contributed by atoms with Gasteiger partial charge in [-0.25, -0.2) is 0 Å². The van der Waals surface area contributed by atoms with Crippen LogP contribution < -0.4 is 5.32 Å². The molecule has 1 nitrogen and oxygen atoms in total. The monoisotopic (exact) mass is 259 g/mol. The molecule has 1 aliphatic rings. The highest BCUT2D eigenvalue weighted by atomic mass is 15.0. The molecule has 0 amide bonds. The van der Waals surface area contributed by atoms with Gasteiger partial charge in [0.05, 0.1) is 0 Å². The predicted molar refractivity (Wildman–Crippen MR) is 83.6 cm³/mol. The number of nitrogens with one attached hydrogen (secondary N) is 1. The first-order valence-corrected chi connectivity index (χ1v) is 7.66. The first-order chi connectivity index (χ1) is 8.83. The molecule has 19 heavy (non-hydrogen) atoms. The van der Waals surface area contributed by atoms with Gasteiger partial charge < -0.3 is 5.32 Å². The van der Waals surface area contributed by atoms with Crippen LogP contribution in [0, 0.1) is 12.8 Å². The van der Waals surface area contributed by atoms with Gasteiger partial charge >= 0.3 is 0 Å². The summed E-state index contributed by atoms with van der Waals surface area (Å²) in [5, 5.41) is 3.75. The van der Waals surface area contributed by atoms with Crippen molar-refractivity contribution < 1.29 is 0 Å². The van der Waals surface area contributed by atoms with Crippen molar-refractivity contribution in [3.05, 3.63) is 35.4 Å². The Hall–Kier alpha value is -0.820. The third-order valence-electron chi connectivity index (χ3n) is 4.73. The molecule has 1 saturated carbocycles. The highest BCUT2D eigenvalue weighted by Gasteiger charge is 2.41. The summed E-state index contributed by atoms with van der Waals surface area (Å²) >= 11 is 0. The largest absolute Gasteiger partial charge is 0.311 e. The summed E-state index contributed by atoms with van der Waals surface area (Å²) in [5.41, 5.74) is 3.44. The summed E-state index contributed by atoms with van der Waals surface area (Å²) in [4.78, 5) is 0. The van der Waals surface area contributed by atoms with E-state index in [9.17, 15) is 0 Å². The van der Waals surface area contributed by atoms with Gasteiger partial charge in [-0.1, -0.05) is 43.2 Å². The molecule has 106 valence electrons. The van der Waals surface area contributed by atoms with E-state index in [1.165, 1.54) is 30.4 Å². The van der Waals surface area contributed by atoms with Crippen LogP contribution >= 0.6 is 0 Å². The van der Waals surface area contributed by atoms with Crippen LogP contribution in [0.5, 0.6) is 0 Å². The number of benzene rings is 1. The van der Waals surface area contributed by atoms with Crippen molar-refractivity contribution in [2.75, 3.05) is 6.54 Å². The van der Waals surface area contributed by atoms with Crippen molar-refractivity contribution in [1.82, 2.24) is 5.32 Å². The Morgan fingerprint density at radius 3 is 2.58 bits per heavy atom. The third kappa shape index (κ3) is 3.20. The van der Waals surface area contributed by atoms with Gasteiger partial charge in [-0.2, -0.15) is 0 Å². The lowest BCUT2D eigenvalue weighted by Gasteiger charge is -2.38. The topological polar surface area (TPSA) is 12.0 Å². The molecular formula is C18H29N. The van der Waals surface area contributed by atoms with Crippen LogP contribution in [0.25, 0.3) is 0 Å². The van der Waals surface area contributed by atoms with Gasteiger partial charge in [0.25, 0.3) is 0 Å². The van der Waals surface area contributed by atoms with Gasteiger partial charge in [0, 0.05) is 17.5 Å². The SMILES string of the molecule is Cc1cccc(C2(CNC(C)(C)C)CCCC2C)c1. The van der Waals surface area contributed by atoms with E-state index >= 15 is 0 Å². The average molecular weight is 259 g/mol. The Morgan fingerprint density at radius 1 is 1.32 bits per heavy atom. The molecule has 1 N–H and O–H groups in total.